The first-order valence-electron chi connectivity index (χ1n) is 4.79. The molecule has 5 heteroatoms. The highest BCUT2D eigenvalue weighted by Gasteiger charge is 2.08. The van der Waals surface area contributed by atoms with E-state index in [9.17, 15) is 14.0 Å². The molecular formula is C11H12FNO3. The third-order valence-corrected chi connectivity index (χ3v) is 2.00. The lowest BCUT2D eigenvalue weighted by Crippen LogP contribution is -2.08. The zero-order chi connectivity index (χ0) is 12.0. The number of rotatable bonds is 5. The number of carbonyl (C=O) groups excluding carboxylic acids is 2. The van der Waals surface area contributed by atoms with E-state index in [1.807, 2.05) is 0 Å². The van der Waals surface area contributed by atoms with Gasteiger partial charge in [0.25, 0.3) is 0 Å². The lowest BCUT2D eigenvalue weighted by Gasteiger charge is -2.00. The van der Waals surface area contributed by atoms with Gasteiger partial charge in [-0.2, -0.15) is 0 Å². The minimum Gasteiger partial charge on any atom is -0.469 e. The third-order valence-electron chi connectivity index (χ3n) is 2.00. The topological polar surface area (TPSA) is 56.3 Å². The first-order chi connectivity index (χ1) is 7.61. The molecule has 0 saturated heterocycles. The van der Waals surface area contributed by atoms with E-state index in [0.717, 1.165) is 6.20 Å². The van der Waals surface area contributed by atoms with Crippen molar-refractivity contribution < 1.29 is 18.7 Å². The van der Waals surface area contributed by atoms with Crippen molar-refractivity contribution in [2.45, 2.75) is 19.3 Å². The SMILES string of the molecule is COC(=O)CCC(=O)Cc1cncc(F)c1. The molecule has 1 heterocycles. The summed E-state index contributed by atoms with van der Waals surface area (Å²) in [4.78, 5) is 25.8. The van der Waals surface area contributed by atoms with Gasteiger partial charge in [0, 0.05) is 19.0 Å². The van der Waals surface area contributed by atoms with Crippen LogP contribution < -0.4 is 0 Å². The van der Waals surface area contributed by atoms with Crippen molar-refractivity contribution >= 4 is 11.8 Å². The molecule has 0 N–H and O–H groups in total. The molecule has 0 atom stereocenters. The van der Waals surface area contributed by atoms with Crippen molar-refractivity contribution in [3.8, 4) is 0 Å². The first kappa shape index (κ1) is 12.3. The fourth-order valence-electron chi connectivity index (χ4n) is 1.21. The van der Waals surface area contributed by atoms with Gasteiger partial charge in [-0.25, -0.2) is 4.39 Å². The number of ether oxygens (including phenoxy) is 1. The molecular weight excluding hydrogens is 213 g/mol. The molecule has 0 bridgehead atoms. The van der Waals surface area contributed by atoms with Gasteiger partial charge in [-0.05, 0) is 11.6 Å². The van der Waals surface area contributed by atoms with Gasteiger partial charge in [0.1, 0.15) is 11.6 Å². The molecule has 0 aromatic carbocycles. The Morgan fingerprint density at radius 2 is 2.12 bits per heavy atom. The van der Waals surface area contributed by atoms with Gasteiger partial charge in [-0.3, -0.25) is 14.6 Å². The Bertz CT molecular complexity index is 393. The van der Waals surface area contributed by atoms with Crippen LogP contribution in [0.25, 0.3) is 0 Å². The van der Waals surface area contributed by atoms with Gasteiger partial charge >= 0.3 is 5.97 Å². The lowest BCUT2D eigenvalue weighted by atomic mass is 10.1. The predicted octanol–water partition coefficient (Wildman–Crippen LogP) is 1.29. The van der Waals surface area contributed by atoms with E-state index in [2.05, 4.69) is 9.72 Å². The highest BCUT2D eigenvalue weighted by Crippen LogP contribution is 2.05. The number of pyridine rings is 1. The summed E-state index contributed by atoms with van der Waals surface area (Å²) in [5.41, 5.74) is 0.509. The van der Waals surface area contributed by atoms with Crippen LogP contribution >= 0.6 is 0 Å². The largest absolute Gasteiger partial charge is 0.469 e. The average molecular weight is 225 g/mol. The summed E-state index contributed by atoms with van der Waals surface area (Å²) in [7, 11) is 1.27. The summed E-state index contributed by atoms with van der Waals surface area (Å²) in [6.45, 7) is 0. The summed E-state index contributed by atoms with van der Waals surface area (Å²) in [6.07, 6.45) is 2.74. The summed E-state index contributed by atoms with van der Waals surface area (Å²) in [5.74, 6) is -1.04. The van der Waals surface area contributed by atoms with Gasteiger partial charge in [-0.15, -0.1) is 0 Å². The van der Waals surface area contributed by atoms with Gasteiger partial charge in [0.15, 0.2) is 0 Å². The van der Waals surface area contributed by atoms with E-state index in [4.69, 9.17) is 0 Å². The monoisotopic (exact) mass is 225 g/mol. The van der Waals surface area contributed by atoms with Crippen LogP contribution in [0.4, 0.5) is 4.39 Å². The number of carbonyl (C=O) groups is 2. The zero-order valence-electron chi connectivity index (χ0n) is 8.90. The van der Waals surface area contributed by atoms with E-state index in [-0.39, 0.29) is 25.0 Å². The average Bonchev–Trinajstić information content (AvgIpc) is 2.26. The molecule has 1 aromatic rings. The summed E-state index contributed by atoms with van der Waals surface area (Å²) >= 11 is 0. The Morgan fingerprint density at radius 3 is 2.75 bits per heavy atom. The van der Waals surface area contributed by atoms with E-state index in [1.54, 1.807) is 0 Å². The number of halogens is 1. The maximum Gasteiger partial charge on any atom is 0.305 e. The Balaban J connectivity index is 2.43. The number of nitrogens with zero attached hydrogens (tertiary/aromatic N) is 1. The Hall–Kier alpha value is -1.78. The zero-order valence-corrected chi connectivity index (χ0v) is 8.90. The molecule has 0 radical (unpaired) electrons. The number of aromatic nitrogens is 1. The highest BCUT2D eigenvalue weighted by molar-refractivity contribution is 5.84. The molecule has 0 aliphatic rings. The van der Waals surface area contributed by atoms with Crippen LogP contribution in [0, 0.1) is 5.82 Å². The number of hydrogen-bond donors (Lipinski definition) is 0. The van der Waals surface area contributed by atoms with Crippen LogP contribution in [0.15, 0.2) is 18.5 Å². The number of Topliss-reactive ketones (excluding diaryl/α,β-unsaturated/α-hetero) is 1. The maximum absolute atomic E-state index is 12.7. The number of hydrogen-bond acceptors (Lipinski definition) is 4. The maximum atomic E-state index is 12.7. The van der Waals surface area contributed by atoms with Crippen LogP contribution in [0.1, 0.15) is 18.4 Å². The quantitative estimate of drug-likeness (QED) is 0.708. The van der Waals surface area contributed by atoms with Crippen LogP contribution in [-0.2, 0) is 20.7 Å². The molecule has 16 heavy (non-hydrogen) atoms. The minimum atomic E-state index is -0.474. The predicted molar refractivity (Wildman–Crippen MR) is 54.2 cm³/mol. The van der Waals surface area contributed by atoms with Crippen molar-refractivity contribution in [3.05, 3.63) is 29.8 Å². The van der Waals surface area contributed by atoms with Crippen molar-refractivity contribution in [2.24, 2.45) is 0 Å². The van der Waals surface area contributed by atoms with Crippen LogP contribution in [0.3, 0.4) is 0 Å². The van der Waals surface area contributed by atoms with Crippen molar-refractivity contribution in [3.63, 3.8) is 0 Å². The third kappa shape index (κ3) is 4.16. The number of ketones is 1. The summed E-state index contributed by atoms with van der Waals surface area (Å²) in [5, 5.41) is 0. The van der Waals surface area contributed by atoms with Crippen LogP contribution in [0.2, 0.25) is 0 Å². The van der Waals surface area contributed by atoms with Gasteiger partial charge in [0.05, 0.1) is 19.7 Å². The Labute approximate surface area is 92.4 Å². The van der Waals surface area contributed by atoms with Crippen molar-refractivity contribution in [2.75, 3.05) is 7.11 Å². The molecule has 0 unspecified atom stereocenters. The Kier molecular flexibility index (Phi) is 4.57. The van der Waals surface area contributed by atoms with Gasteiger partial charge in [0.2, 0.25) is 0 Å². The minimum absolute atomic E-state index is 0.0536. The molecule has 4 nitrogen and oxygen atoms in total. The second-order valence-corrected chi connectivity index (χ2v) is 3.30. The van der Waals surface area contributed by atoms with E-state index < -0.39 is 11.8 Å². The van der Waals surface area contributed by atoms with E-state index in [0.29, 0.717) is 5.56 Å². The van der Waals surface area contributed by atoms with Crippen LogP contribution in [-0.4, -0.2) is 23.8 Å². The van der Waals surface area contributed by atoms with Crippen LogP contribution in [0.5, 0.6) is 0 Å². The standard InChI is InChI=1S/C11H12FNO3/c1-16-11(15)3-2-10(14)5-8-4-9(12)7-13-6-8/h4,6-7H,2-3,5H2,1H3. The normalized spacial score (nSPS) is 9.88. The molecule has 1 rings (SSSR count). The fourth-order valence-corrected chi connectivity index (χ4v) is 1.21. The molecule has 0 aliphatic heterocycles. The molecule has 0 saturated carbocycles. The van der Waals surface area contributed by atoms with Gasteiger partial charge < -0.3 is 4.74 Å². The van der Waals surface area contributed by atoms with E-state index in [1.165, 1.54) is 19.4 Å². The molecule has 0 fully saturated rings. The lowest BCUT2D eigenvalue weighted by molar-refractivity contribution is -0.141. The highest BCUT2D eigenvalue weighted by atomic mass is 19.1. The number of esters is 1. The molecule has 1 aromatic heterocycles. The van der Waals surface area contributed by atoms with Gasteiger partial charge in [-0.1, -0.05) is 0 Å². The van der Waals surface area contributed by atoms with Crippen molar-refractivity contribution in [1.82, 2.24) is 4.98 Å². The second-order valence-electron chi connectivity index (χ2n) is 3.30. The van der Waals surface area contributed by atoms with E-state index >= 15 is 0 Å². The molecule has 0 amide bonds. The van der Waals surface area contributed by atoms with Crippen molar-refractivity contribution in [1.29, 1.82) is 0 Å². The first-order valence-corrected chi connectivity index (χ1v) is 4.79. The smallest absolute Gasteiger partial charge is 0.305 e. The molecule has 86 valence electrons. The molecule has 0 spiro atoms. The number of methoxy groups -OCH3 is 1. The Morgan fingerprint density at radius 1 is 1.38 bits per heavy atom. The summed E-state index contributed by atoms with van der Waals surface area (Å²) in [6, 6.07) is 1.25. The molecule has 0 aliphatic carbocycles. The fraction of sp³-hybridized carbons (Fsp3) is 0.364. The second kappa shape index (κ2) is 5.95. The summed E-state index contributed by atoms with van der Waals surface area (Å²) < 4.78 is 17.1.